The molecule has 1 N–H and O–H groups in total. The maximum Gasteiger partial charge on any atom is 0.285 e. The lowest BCUT2D eigenvalue weighted by atomic mass is 9.96. The zero-order valence-corrected chi connectivity index (χ0v) is 13.0. The molecule has 0 aliphatic carbocycles. The van der Waals surface area contributed by atoms with Crippen LogP contribution in [0.4, 0.5) is 8.78 Å². The van der Waals surface area contributed by atoms with E-state index in [0.29, 0.717) is 12.0 Å². The van der Waals surface area contributed by atoms with Gasteiger partial charge < -0.3 is 5.32 Å². The fraction of sp³-hybridized carbons (Fsp3) is 0.647. The van der Waals surface area contributed by atoms with E-state index in [1.54, 1.807) is 18.2 Å². The molecule has 4 heteroatoms. The van der Waals surface area contributed by atoms with Crippen molar-refractivity contribution < 1.29 is 8.78 Å². The average molecular weight is 296 g/mol. The van der Waals surface area contributed by atoms with Crippen LogP contribution in [0.3, 0.4) is 0 Å². The summed E-state index contributed by atoms with van der Waals surface area (Å²) in [4.78, 5) is 1.92. The second-order valence-electron chi connectivity index (χ2n) is 6.38. The molecule has 1 atom stereocenters. The van der Waals surface area contributed by atoms with Gasteiger partial charge in [0.1, 0.15) is 0 Å². The number of nitrogens with zero attached hydrogens (tertiary/aromatic N) is 1. The van der Waals surface area contributed by atoms with Crippen molar-refractivity contribution in [3.8, 4) is 0 Å². The highest BCUT2D eigenvalue weighted by atomic mass is 19.3. The SMILES string of the molecule is CC(C)NCC1CCCN(CC(F)(F)c2ccccc2)C1. The van der Waals surface area contributed by atoms with Crippen molar-refractivity contribution in [2.24, 2.45) is 5.92 Å². The summed E-state index contributed by atoms with van der Waals surface area (Å²) in [5, 5.41) is 3.42. The number of likely N-dealkylation sites (tertiary alicyclic amines) is 1. The van der Waals surface area contributed by atoms with Gasteiger partial charge in [-0.3, -0.25) is 4.90 Å². The largest absolute Gasteiger partial charge is 0.314 e. The second-order valence-corrected chi connectivity index (χ2v) is 6.38. The molecule has 118 valence electrons. The highest BCUT2D eigenvalue weighted by Crippen LogP contribution is 2.30. The fourth-order valence-corrected chi connectivity index (χ4v) is 2.92. The quantitative estimate of drug-likeness (QED) is 0.864. The lowest BCUT2D eigenvalue weighted by molar-refractivity contribution is -0.0463. The molecule has 0 saturated carbocycles. The molecule has 1 fully saturated rings. The summed E-state index contributed by atoms with van der Waals surface area (Å²) < 4.78 is 28.6. The summed E-state index contributed by atoms with van der Waals surface area (Å²) in [6.45, 7) is 6.53. The van der Waals surface area contributed by atoms with Crippen molar-refractivity contribution in [3.63, 3.8) is 0 Å². The summed E-state index contributed by atoms with van der Waals surface area (Å²) in [7, 11) is 0. The van der Waals surface area contributed by atoms with E-state index in [1.165, 1.54) is 12.1 Å². The van der Waals surface area contributed by atoms with Crippen LogP contribution in [0.2, 0.25) is 0 Å². The molecular formula is C17H26F2N2. The molecule has 1 saturated heterocycles. The molecule has 0 bridgehead atoms. The van der Waals surface area contributed by atoms with Gasteiger partial charge in [-0.1, -0.05) is 44.2 Å². The second kappa shape index (κ2) is 7.32. The molecule has 0 amide bonds. The standard InChI is InChI=1S/C17H26F2N2/c1-14(2)20-11-15-7-6-10-21(12-15)13-17(18,19)16-8-4-3-5-9-16/h3-5,8-9,14-15,20H,6-7,10-13H2,1-2H3. The molecule has 1 aromatic rings. The first-order valence-electron chi connectivity index (χ1n) is 7.86. The third-order valence-electron chi connectivity index (χ3n) is 4.04. The first-order chi connectivity index (χ1) is 9.97. The number of hydrogen-bond donors (Lipinski definition) is 1. The number of hydrogen-bond acceptors (Lipinski definition) is 2. The van der Waals surface area contributed by atoms with E-state index in [4.69, 9.17) is 0 Å². The summed E-state index contributed by atoms with van der Waals surface area (Å²) in [5.74, 6) is -2.29. The molecule has 0 radical (unpaired) electrons. The number of alkyl halides is 2. The highest BCUT2D eigenvalue weighted by molar-refractivity contribution is 5.20. The first kappa shape index (κ1) is 16.4. The molecule has 1 unspecified atom stereocenters. The van der Waals surface area contributed by atoms with Gasteiger partial charge in [-0.05, 0) is 31.8 Å². The van der Waals surface area contributed by atoms with E-state index in [1.807, 2.05) is 4.90 Å². The Bertz CT molecular complexity index is 420. The van der Waals surface area contributed by atoms with Crippen LogP contribution < -0.4 is 5.32 Å². The van der Waals surface area contributed by atoms with Crippen LogP contribution >= 0.6 is 0 Å². The summed E-state index contributed by atoms with van der Waals surface area (Å²) in [6, 6.07) is 8.60. The molecule has 2 rings (SSSR count). The maximum atomic E-state index is 14.3. The van der Waals surface area contributed by atoms with Gasteiger partial charge in [-0.15, -0.1) is 0 Å². The Morgan fingerprint density at radius 1 is 1.29 bits per heavy atom. The van der Waals surface area contributed by atoms with Gasteiger partial charge in [0.05, 0.1) is 6.54 Å². The summed E-state index contributed by atoms with van der Waals surface area (Å²) in [5.41, 5.74) is 0.118. The van der Waals surface area contributed by atoms with Crippen molar-refractivity contribution in [1.29, 1.82) is 0 Å². The third-order valence-corrected chi connectivity index (χ3v) is 4.04. The predicted octanol–water partition coefficient (Wildman–Crippen LogP) is 3.49. The number of piperidine rings is 1. The number of rotatable bonds is 6. The summed E-state index contributed by atoms with van der Waals surface area (Å²) >= 11 is 0. The molecule has 0 aromatic heterocycles. The van der Waals surface area contributed by atoms with Gasteiger partial charge in [-0.2, -0.15) is 8.78 Å². The van der Waals surface area contributed by atoms with Crippen LogP contribution in [-0.4, -0.2) is 37.1 Å². The molecule has 1 aliphatic rings. The molecule has 1 heterocycles. The van der Waals surface area contributed by atoms with Gasteiger partial charge in [0, 0.05) is 18.2 Å². The number of halogens is 2. The Labute approximate surface area is 126 Å². The van der Waals surface area contributed by atoms with Gasteiger partial charge in [-0.25, -0.2) is 0 Å². The number of benzene rings is 1. The lowest BCUT2D eigenvalue weighted by Gasteiger charge is -2.35. The van der Waals surface area contributed by atoms with Crippen LogP contribution in [0, 0.1) is 5.92 Å². The smallest absolute Gasteiger partial charge is 0.285 e. The minimum atomic E-state index is -2.77. The topological polar surface area (TPSA) is 15.3 Å². The Morgan fingerprint density at radius 2 is 2.00 bits per heavy atom. The Hall–Kier alpha value is -1.00. The van der Waals surface area contributed by atoms with E-state index in [9.17, 15) is 8.78 Å². The van der Waals surface area contributed by atoms with E-state index in [2.05, 4.69) is 19.2 Å². The van der Waals surface area contributed by atoms with Crippen LogP contribution in [0.25, 0.3) is 0 Å². The van der Waals surface area contributed by atoms with Crippen molar-refractivity contribution >= 4 is 0 Å². The van der Waals surface area contributed by atoms with Gasteiger partial charge in [0.2, 0.25) is 0 Å². The zero-order valence-electron chi connectivity index (χ0n) is 13.0. The van der Waals surface area contributed by atoms with E-state index < -0.39 is 5.92 Å². The monoisotopic (exact) mass is 296 g/mol. The Balaban J connectivity index is 1.90. The minimum Gasteiger partial charge on any atom is -0.314 e. The van der Waals surface area contributed by atoms with E-state index >= 15 is 0 Å². The lowest BCUT2D eigenvalue weighted by Crippen LogP contribution is -2.44. The highest BCUT2D eigenvalue weighted by Gasteiger charge is 2.35. The van der Waals surface area contributed by atoms with Crippen molar-refractivity contribution in [1.82, 2.24) is 10.2 Å². The van der Waals surface area contributed by atoms with Crippen LogP contribution in [0.5, 0.6) is 0 Å². The molecule has 1 aromatic carbocycles. The average Bonchev–Trinajstić information content (AvgIpc) is 2.46. The molecule has 21 heavy (non-hydrogen) atoms. The Kier molecular flexibility index (Phi) is 5.71. The predicted molar refractivity (Wildman–Crippen MR) is 82.6 cm³/mol. The van der Waals surface area contributed by atoms with E-state index in [-0.39, 0.29) is 12.1 Å². The van der Waals surface area contributed by atoms with E-state index in [0.717, 1.165) is 32.5 Å². The van der Waals surface area contributed by atoms with Gasteiger partial charge in [0.15, 0.2) is 0 Å². The van der Waals surface area contributed by atoms with Crippen molar-refractivity contribution in [2.75, 3.05) is 26.2 Å². The van der Waals surface area contributed by atoms with Crippen LogP contribution in [-0.2, 0) is 5.92 Å². The minimum absolute atomic E-state index is 0.118. The van der Waals surface area contributed by atoms with Crippen LogP contribution in [0.15, 0.2) is 30.3 Å². The van der Waals surface area contributed by atoms with Gasteiger partial charge in [0.25, 0.3) is 5.92 Å². The first-order valence-corrected chi connectivity index (χ1v) is 7.86. The third kappa shape index (κ3) is 5.04. The van der Waals surface area contributed by atoms with Crippen molar-refractivity contribution in [3.05, 3.63) is 35.9 Å². The summed E-state index contributed by atoms with van der Waals surface area (Å²) in [6.07, 6.45) is 2.14. The maximum absolute atomic E-state index is 14.3. The molecular weight excluding hydrogens is 270 g/mol. The fourth-order valence-electron chi connectivity index (χ4n) is 2.92. The Morgan fingerprint density at radius 3 is 2.67 bits per heavy atom. The molecule has 1 aliphatic heterocycles. The molecule has 0 spiro atoms. The van der Waals surface area contributed by atoms with Crippen LogP contribution in [0.1, 0.15) is 32.3 Å². The van der Waals surface area contributed by atoms with Gasteiger partial charge >= 0.3 is 0 Å². The van der Waals surface area contributed by atoms with Crippen molar-refractivity contribution in [2.45, 2.75) is 38.7 Å². The number of nitrogens with one attached hydrogen (secondary N) is 1. The normalized spacial score (nSPS) is 20.9. The zero-order chi connectivity index (χ0) is 15.3. The molecule has 2 nitrogen and oxygen atoms in total.